The lowest BCUT2D eigenvalue weighted by Gasteiger charge is -2.32. The first-order chi connectivity index (χ1) is 8.74. The summed E-state index contributed by atoms with van der Waals surface area (Å²) in [5, 5.41) is 7.84. The molecule has 0 spiro atoms. The lowest BCUT2D eigenvalue weighted by Crippen LogP contribution is -2.47. The molecule has 0 unspecified atom stereocenters. The van der Waals surface area contributed by atoms with Crippen molar-refractivity contribution in [1.82, 2.24) is 20.0 Å². The molecule has 1 aliphatic rings. The molecule has 3 rings (SSSR count). The van der Waals surface area contributed by atoms with Gasteiger partial charge >= 0.3 is 0 Å². The van der Waals surface area contributed by atoms with Crippen LogP contribution < -0.4 is 0 Å². The minimum atomic E-state index is 0.117. The van der Waals surface area contributed by atoms with Gasteiger partial charge in [0.1, 0.15) is 0 Å². The Kier molecular flexibility index (Phi) is 2.76. The van der Waals surface area contributed by atoms with Crippen LogP contribution in [-0.4, -0.2) is 59.1 Å². The zero-order chi connectivity index (χ0) is 12.5. The minimum Gasteiger partial charge on any atom is -0.336 e. The molecular formula is C13H16N4O. The van der Waals surface area contributed by atoms with Crippen LogP contribution in [0.15, 0.2) is 24.4 Å². The fourth-order valence-corrected chi connectivity index (χ4v) is 2.27. The van der Waals surface area contributed by atoms with E-state index in [4.69, 9.17) is 0 Å². The summed E-state index contributed by atoms with van der Waals surface area (Å²) in [5.41, 5.74) is 1.71. The third-order valence-corrected chi connectivity index (χ3v) is 3.48. The Hall–Kier alpha value is -1.88. The molecule has 1 aromatic carbocycles. The maximum absolute atomic E-state index is 12.3. The summed E-state index contributed by atoms with van der Waals surface area (Å²) in [7, 11) is 2.08. The van der Waals surface area contributed by atoms with Crippen molar-refractivity contribution in [2.24, 2.45) is 0 Å². The molecular weight excluding hydrogens is 228 g/mol. The highest BCUT2D eigenvalue weighted by Gasteiger charge is 2.20. The van der Waals surface area contributed by atoms with Gasteiger partial charge in [0, 0.05) is 37.1 Å². The number of hydrogen-bond donors (Lipinski definition) is 1. The zero-order valence-electron chi connectivity index (χ0n) is 10.4. The molecule has 2 heterocycles. The molecule has 5 heteroatoms. The molecule has 1 saturated heterocycles. The molecule has 0 bridgehead atoms. The third kappa shape index (κ3) is 1.97. The topological polar surface area (TPSA) is 52.2 Å². The van der Waals surface area contributed by atoms with Gasteiger partial charge in [-0.25, -0.2) is 0 Å². The summed E-state index contributed by atoms with van der Waals surface area (Å²) in [6, 6.07) is 5.67. The van der Waals surface area contributed by atoms with Crippen LogP contribution in [0, 0.1) is 0 Å². The van der Waals surface area contributed by atoms with E-state index in [-0.39, 0.29) is 5.91 Å². The number of nitrogens with one attached hydrogen (secondary N) is 1. The molecule has 0 aliphatic carbocycles. The molecule has 94 valence electrons. The first-order valence-electron chi connectivity index (χ1n) is 6.15. The molecule has 1 aromatic heterocycles. The SMILES string of the molecule is CN1CCN(C(=O)c2ccc3[nH]ncc3c2)CC1. The van der Waals surface area contributed by atoms with E-state index < -0.39 is 0 Å². The highest BCUT2D eigenvalue weighted by molar-refractivity contribution is 5.97. The number of nitrogens with zero attached hydrogens (tertiary/aromatic N) is 3. The van der Waals surface area contributed by atoms with Gasteiger partial charge in [-0.1, -0.05) is 0 Å². The first-order valence-corrected chi connectivity index (χ1v) is 6.15. The Morgan fingerprint density at radius 2 is 2.06 bits per heavy atom. The van der Waals surface area contributed by atoms with Crippen molar-refractivity contribution in [3.05, 3.63) is 30.0 Å². The molecule has 5 nitrogen and oxygen atoms in total. The van der Waals surface area contributed by atoms with Crippen molar-refractivity contribution < 1.29 is 4.79 Å². The van der Waals surface area contributed by atoms with Crippen LogP contribution >= 0.6 is 0 Å². The van der Waals surface area contributed by atoms with Crippen molar-refractivity contribution in [2.45, 2.75) is 0 Å². The Morgan fingerprint density at radius 1 is 1.28 bits per heavy atom. The number of carbonyl (C=O) groups excluding carboxylic acids is 1. The van der Waals surface area contributed by atoms with Gasteiger partial charge in [0.25, 0.3) is 5.91 Å². The molecule has 18 heavy (non-hydrogen) atoms. The number of rotatable bonds is 1. The minimum absolute atomic E-state index is 0.117. The number of aromatic nitrogens is 2. The van der Waals surface area contributed by atoms with Gasteiger partial charge < -0.3 is 9.80 Å². The molecule has 1 fully saturated rings. The molecule has 0 radical (unpaired) electrons. The smallest absolute Gasteiger partial charge is 0.253 e. The van der Waals surface area contributed by atoms with Gasteiger partial charge in [0.15, 0.2) is 0 Å². The second-order valence-electron chi connectivity index (χ2n) is 4.77. The lowest BCUT2D eigenvalue weighted by atomic mass is 10.1. The number of amides is 1. The average Bonchev–Trinajstić information content (AvgIpc) is 2.86. The van der Waals surface area contributed by atoms with Gasteiger partial charge in [-0.05, 0) is 25.2 Å². The van der Waals surface area contributed by atoms with Crippen molar-refractivity contribution in [1.29, 1.82) is 0 Å². The van der Waals surface area contributed by atoms with Crippen LogP contribution in [0.1, 0.15) is 10.4 Å². The largest absolute Gasteiger partial charge is 0.336 e. The van der Waals surface area contributed by atoms with Crippen molar-refractivity contribution in [3.63, 3.8) is 0 Å². The summed E-state index contributed by atoms with van der Waals surface area (Å²) in [5.74, 6) is 0.117. The van der Waals surface area contributed by atoms with Crippen molar-refractivity contribution in [2.75, 3.05) is 33.2 Å². The number of fused-ring (bicyclic) bond motifs is 1. The van der Waals surface area contributed by atoms with E-state index in [0.717, 1.165) is 42.6 Å². The number of hydrogen-bond acceptors (Lipinski definition) is 3. The van der Waals surface area contributed by atoms with E-state index >= 15 is 0 Å². The fourth-order valence-electron chi connectivity index (χ4n) is 2.27. The van der Waals surface area contributed by atoms with Crippen LogP contribution in [0.3, 0.4) is 0 Å². The number of likely N-dealkylation sites (N-methyl/N-ethyl adjacent to an activating group) is 1. The second-order valence-corrected chi connectivity index (χ2v) is 4.77. The lowest BCUT2D eigenvalue weighted by molar-refractivity contribution is 0.0664. The van der Waals surface area contributed by atoms with E-state index in [9.17, 15) is 4.79 Å². The standard InChI is InChI=1S/C13H16N4O/c1-16-4-6-17(7-5-16)13(18)10-2-3-12-11(8-10)9-14-15-12/h2-3,8-9H,4-7H2,1H3,(H,14,15). The zero-order valence-corrected chi connectivity index (χ0v) is 10.4. The van der Waals surface area contributed by atoms with Crippen LogP contribution in [0.5, 0.6) is 0 Å². The highest BCUT2D eigenvalue weighted by Crippen LogP contribution is 2.15. The molecule has 1 aliphatic heterocycles. The maximum Gasteiger partial charge on any atom is 0.253 e. The number of benzene rings is 1. The Bertz CT molecular complexity index is 569. The summed E-state index contributed by atoms with van der Waals surface area (Å²) in [6.45, 7) is 3.50. The first kappa shape index (κ1) is 11.2. The predicted molar refractivity (Wildman–Crippen MR) is 69.5 cm³/mol. The van der Waals surface area contributed by atoms with Gasteiger partial charge in [0.05, 0.1) is 11.7 Å². The Morgan fingerprint density at radius 3 is 2.83 bits per heavy atom. The van der Waals surface area contributed by atoms with E-state index in [1.165, 1.54) is 0 Å². The molecule has 0 saturated carbocycles. The van der Waals surface area contributed by atoms with Crippen LogP contribution in [0.2, 0.25) is 0 Å². The van der Waals surface area contributed by atoms with Crippen LogP contribution in [-0.2, 0) is 0 Å². The summed E-state index contributed by atoms with van der Waals surface area (Å²) in [6.07, 6.45) is 1.75. The number of piperazine rings is 1. The molecule has 2 aromatic rings. The maximum atomic E-state index is 12.3. The van der Waals surface area contributed by atoms with Gasteiger partial charge in [-0.2, -0.15) is 5.10 Å². The summed E-state index contributed by atoms with van der Waals surface area (Å²) in [4.78, 5) is 16.5. The summed E-state index contributed by atoms with van der Waals surface area (Å²) < 4.78 is 0. The molecule has 1 N–H and O–H groups in total. The van der Waals surface area contributed by atoms with E-state index in [1.807, 2.05) is 23.1 Å². The Balaban J connectivity index is 1.82. The molecule has 1 amide bonds. The van der Waals surface area contributed by atoms with Gasteiger partial charge in [0.2, 0.25) is 0 Å². The normalized spacial score (nSPS) is 17.3. The second kappa shape index (κ2) is 4.42. The third-order valence-electron chi connectivity index (χ3n) is 3.48. The quantitative estimate of drug-likeness (QED) is 0.812. The number of H-pyrrole nitrogens is 1. The van der Waals surface area contributed by atoms with Crippen molar-refractivity contribution in [3.8, 4) is 0 Å². The average molecular weight is 244 g/mol. The van der Waals surface area contributed by atoms with Crippen LogP contribution in [0.4, 0.5) is 0 Å². The number of carbonyl (C=O) groups is 1. The van der Waals surface area contributed by atoms with Crippen LogP contribution in [0.25, 0.3) is 10.9 Å². The van der Waals surface area contributed by atoms with Crippen molar-refractivity contribution >= 4 is 16.8 Å². The highest BCUT2D eigenvalue weighted by atomic mass is 16.2. The van der Waals surface area contributed by atoms with E-state index in [1.54, 1.807) is 6.20 Å². The van der Waals surface area contributed by atoms with Gasteiger partial charge in [-0.15, -0.1) is 0 Å². The van der Waals surface area contributed by atoms with E-state index in [0.29, 0.717) is 0 Å². The van der Waals surface area contributed by atoms with E-state index in [2.05, 4.69) is 22.1 Å². The predicted octanol–water partition coefficient (Wildman–Crippen LogP) is 0.950. The van der Waals surface area contributed by atoms with Gasteiger partial charge in [-0.3, -0.25) is 9.89 Å². The fraction of sp³-hybridized carbons (Fsp3) is 0.385. The summed E-state index contributed by atoms with van der Waals surface area (Å²) >= 11 is 0. The number of aromatic amines is 1. The monoisotopic (exact) mass is 244 g/mol. The Labute approximate surface area is 105 Å². The molecule has 0 atom stereocenters.